The van der Waals surface area contributed by atoms with E-state index in [1.165, 1.54) is 6.33 Å². The largest absolute Gasteiger partial charge is 0.400 e. The normalized spacial score (nSPS) is 25.4. The second kappa shape index (κ2) is 2.68. The lowest BCUT2D eigenvalue weighted by Crippen LogP contribution is -2.45. The number of anilines is 1. The molecule has 0 spiro atoms. The first-order valence-electron chi connectivity index (χ1n) is 4.36. The molecule has 1 aliphatic rings. The number of hydrogen-bond acceptors (Lipinski definition) is 5. The molecule has 1 aliphatic carbocycles. The van der Waals surface area contributed by atoms with E-state index in [4.69, 9.17) is 17.2 Å². The molecule has 1 atom stereocenters. The quantitative estimate of drug-likeness (QED) is 0.519. The summed E-state index contributed by atoms with van der Waals surface area (Å²) in [5.41, 5.74) is 19.3. The molecule has 6 N–H and O–H groups in total. The molecule has 0 aromatic carbocycles. The standard InChI is InChI=1S/C9H13N5/c1-9(12)3-5-6(2-7(9)10)13-4-14-8(5)11/h2,4H,3,10,12H2,1H3,(H2,11,13,14). The molecule has 0 aliphatic heterocycles. The van der Waals surface area contributed by atoms with Gasteiger partial charge in [-0.05, 0) is 13.0 Å². The van der Waals surface area contributed by atoms with Crippen molar-refractivity contribution >= 4 is 11.9 Å². The van der Waals surface area contributed by atoms with Gasteiger partial charge in [-0.2, -0.15) is 0 Å². The summed E-state index contributed by atoms with van der Waals surface area (Å²) in [6.45, 7) is 1.87. The highest BCUT2D eigenvalue weighted by Gasteiger charge is 2.29. The van der Waals surface area contributed by atoms with Crippen LogP contribution in [-0.4, -0.2) is 15.5 Å². The molecule has 0 bridgehead atoms. The highest BCUT2D eigenvalue weighted by Crippen LogP contribution is 2.28. The zero-order chi connectivity index (χ0) is 10.3. The summed E-state index contributed by atoms with van der Waals surface area (Å²) in [7, 11) is 0. The van der Waals surface area contributed by atoms with Crippen LogP contribution in [0.3, 0.4) is 0 Å². The van der Waals surface area contributed by atoms with Gasteiger partial charge in [0.1, 0.15) is 12.1 Å². The van der Waals surface area contributed by atoms with E-state index in [2.05, 4.69) is 9.97 Å². The summed E-state index contributed by atoms with van der Waals surface area (Å²) in [5, 5.41) is 0. The van der Waals surface area contributed by atoms with Crippen molar-refractivity contribution < 1.29 is 0 Å². The molecule has 1 aromatic rings. The number of aromatic nitrogens is 2. The van der Waals surface area contributed by atoms with Gasteiger partial charge in [0.25, 0.3) is 0 Å². The molecule has 14 heavy (non-hydrogen) atoms. The van der Waals surface area contributed by atoms with Crippen LogP contribution in [-0.2, 0) is 6.42 Å². The van der Waals surface area contributed by atoms with Gasteiger partial charge in [0.15, 0.2) is 0 Å². The molecular formula is C9H13N5. The van der Waals surface area contributed by atoms with E-state index < -0.39 is 5.54 Å². The Bertz CT molecular complexity index is 408. The van der Waals surface area contributed by atoms with Crippen LogP contribution in [0.4, 0.5) is 5.82 Å². The third-order valence-corrected chi connectivity index (χ3v) is 2.51. The van der Waals surface area contributed by atoms with Crippen molar-refractivity contribution in [2.45, 2.75) is 18.9 Å². The summed E-state index contributed by atoms with van der Waals surface area (Å²) >= 11 is 0. The van der Waals surface area contributed by atoms with Crippen molar-refractivity contribution in [3.8, 4) is 0 Å². The van der Waals surface area contributed by atoms with Gasteiger partial charge >= 0.3 is 0 Å². The molecule has 2 rings (SSSR count). The molecule has 5 heteroatoms. The van der Waals surface area contributed by atoms with Crippen LogP contribution in [0.2, 0.25) is 0 Å². The molecule has 0 amide bonds. The van der Waals surface area contributed by atoms with Gasteiger partial charge in [-0.15, -0.1) is 0 Å². The third-order valence-electron chi connectivity index (χ3n) is 2.51. The van der Waals surface area contributed by atoms with E-state index in [0.29, 0.717) is 17.9 Å². The zero-order valence-corrected chi connectivity index (χ0v) is 7.99. The Morgan fingerprint density at radius 1 is 1.36 bits per heavy atom. The van der Waals surface area contributed by atoms with Crippen molar-refractivity contribution in [3.05, 3.63) is 23.3 Å². The minimum Gasteiger partial charge on any atom is -0.400 e. The van der Waals surface area contributed by atoms with Crippen LogP contribution >= 0.6 is 0 Å². The van der Waals surface area contributed by atoms with Crippen LogP contribution < -0.4 is 17.2 Å². The highest BCUT2D eigenvalue weighted by atomic mass is 14.9. The molecule has 1 unspecified atom stereocenters. The van der Waals surface area contributed by atoms with Gasteiger partial charge in [0.05, 0.1) is 11.2 Å². The van der Waals surface area contributed by atoms with Gasteiger partial charge in [-0.25, -0.2) is 9.97 Å². The molecule has 0 radical (unpaired) electrons. The van der Waals surface area contributed by atoms with Crippen LogP contribution in [0.25, 0.3) is 6.08 Å². The lowest BCUT2D eigenvalue weighted by Gasteiger charge is -2.30. The van der Waals surface area contributed by atoms with Gasteiger partial charge in [0, 0.05) is 17.7 Å². The SMILES string of the molecule is CC1(N)Cc2c(N)ncnc2C=C1N. The molecule has 5 nitrogen and oxygen atoms in total. The Morgan fingerprint density at radius 3 is 2.79 bits per heavy atom. The van der Waals surface area contributed by atoms with E-state index in [0.717, 1.165) is 11.3 Å². The minimum absolute atomic E-state index is 0.482. The third kappa shape index (κ3) is 1.22. The monoisotopic (exact) mass is 191 g/mol. The smallest absolute Gasteiger partial charge is 0.130 e. The molecular weight excluding hydrogens is 178 g/mol. The second-order valence-corrected chi connectivity index (χ2v) is 3.82. The van der Waals surface area contributed by atoms with Gasteiger partial charge in [-0.1, -0.05) is 0 Å². The first-order valence-corrected chi connectivity index (χ1v) is 4.36. The topological polar surface area (TPSA) is 104 Å². The van der Waals surface area contributed by atoms with Crippen molar-refractivity contribution in [3.63, 3.8) is 0 Å². The second-order valence-electron chi connectivity index (χ2n) is 3.82. The Hall–Kier alpha value is -1.62. The van der Waals surface area contributed by atoms with Crippen LogP contribution in [0, 0.1) is 0 Å². The lowest BCUT2D eigenvalue weighted by molar-refractivity contribution is 0.535. The van der Waals surface area contributed by atoms with E-state index in [1.807, 2.05) is 6.92 Å². The van der Waals surface area contributed by atoms with Crippen molar-refractivity contribution in [2.24, 2.45) is 11.5 Å². The predicted octanol–water partition coefficient (Wildman–Crippen LogP) is -0.368. The summed E-state index contributed by atoms with van der Waals surface area (Å²) in [5.74, 6) is 0.482. The molecule has 1 heterocycles. The van der Waals surface area contributed by atoms with Gasteiger partial charge in [-0.3, -0.25) is 0 Å². The number of nitrogen functional groups attached to an aromatic ring is 1. The van der Waals surface area contributed by atoms with Crippen LogP contribution in [0.1, 0.15) is 18.2 Å². The summed E-state index contributed by atoms with van der Waals surface area (Å²) in [6, 6.07) is 0. The van der Waals surface area contributed by atoms with Gasteiger partial charge < -0.3 is 17.2 Å². The van der Waals surface area contributed by atoms with Crippen molar-refractivity contribution in [1.29, 1.82) is 0 Å². The maximum atomic E-state index is 6.00. The van der Waals surface area contributed by atoms with Crippen LogP contribution in [0.5, 0.6) is 0 Å². The average Bonchev–Trinajstić information content (AvgIpc) is 2.09. The Kier molecular flexibility index (Phi) is 1.72. The van der Waals surface area contributed by atoms with Crippen LogP contribution in [0.15, 0.2) is 12.0 Å². The highest BCUT2D eigenvalue weighted by molar-refractivity contribution is 5.63. The van der Waals surface area contributed by atoms with Crippen molar-refractivity contribution in [1.82, 2.24) is 9.97 Å². The summed E-state index contributed by atoms with van der Waals surface area (Å²) < 4.78 is 0. The number of rotatable bonds is 0. The number of fused-ring (bicyclic) bond motifs is 1. The van der Waals surface area contributed by atoms with Crippen molar-refractivity contribution in [2.75, 3.05) is 5.73 Å². The number of nitrogens with zero attached hydrogens (tertiary/aromatic N) is 2. The lowest BCUT2D eigenvalue weighted by atomic mass is 9.85. The predicted molar refractivity (Wildman–Crippen MR) is 54.9 cm³/mol. The Morgan fingerprint density at radius 2 is 2.07 bits per heavy atom. The zero-order valence-electron chi connectivity index (χ0n) is 7.99. The molecule has 74 valence electrons. The number of nitrogens with two attached hydrogens (primary N) is 3. The molecule has 0 saturated carbocycles. The number of hydrogen-bond donors (Lipinski definition) is 3. The average molecular weight is 191 g/mol. The fourth-order valence-corrected chi connectivity index (χ4v) is 1.53. The fourth-order valence-electron chi connectivity index (χ4n) is 1.53. The van der Waals surface area contributed by atoms with E-state index in [-0.39, 0.29) is 0 Å². The Balaban J connectivity index is 2.59. The summed E-state index contributed by atoms with van der Waals surface area (Å²) in [4.78, 5) is 8.02. The minimum atomic E-state index is -0.550. The summed E-state index contributed by atoms with van der Waals surface area (Å²) in [6.07, 6.45) is 3.77. The van der Waals surface area contributed by atoms with E-state index in [9.17, 15) is 0 Å². The first-order chi connectivity index (χ1) is 6.50. The fraction of sp³-hybridized carbons (Fsp3) is 0.333. The maximum absolute atomic E-state index is 6.00. The molecule has 0 fully saturated rings. The van der Waals surface area contributed by atoms with E-state index in [1.54, 1.807) is 6.08 Å². The van der Waals surface area contributed by atoms with Gasteiger partial charge in [0.2, 0.25) is 0 Å². The molecule has 0 saturated heterocycles. The van der Waals surface area contributed by atoms with E-state index >= 15 is 0 Å². The first kappa shape index (κ1) is 8.96. The maximum Gasteiger partial charge on any atom is 0.130 e. The molecule has 1 aromatic heterocycles. The Labute approximate surface area is 82.0 Å².